The van der Waals surface area contributed by atoms with Crippen molar-refractivity contribution in [3.05, 3.63) is 48.3 Å². The van der Waals surface area contributed by atoms with Crippen molar-refractivity contribution in [1.29, 1.82) is 5.26 Å². The van der Waals surface area contributed by atoms with Crippen LogP contribution in [0.2, 0.25) is 0 Å². The predicted octanol–water partition coefficient (Wildman–Crippen LogP) is 1.09. The molecule has 3 aromatic rings. The van der Waals surface area contributed by atoms with Gasteiger partial charge in [0.15, 0.2) is 11.5 Å². The van der Waals surface area contributed by atoms with Gasteiger partial charge in [0.25, 0.3) is 0 Å². The Kier molecular flexibility index (Phi) is 2.29. The normalized spacial score (nSPS) is 10.5. The highest BCUT2D eigenvalue weighted by atomic mass is 16.4. The fourth-order valence-electron chi connectivity index (χ4n) is 1.91. The second-order valence-corrected chi connectivity index (χ2v) is 3.75. The second kappa shape index (κ2) is 3.96. The number of carboxylic acid groups (broad SMARTS) is 1. The first-order valence-electron chi connectivity index (χ1n) is 5.36. The number of rotatable bonds is 2. The van der Waals surface area contributed by atoms with Crippen molar-refractivity contribution < 1.29 is 9.90 Å². The van der Waals surface area contributed by atoms with Crippen molar-refractivity contribution in [3.63, 3.8) is 0 Å². The minimum Gasteiger partial charge on any atom is -0.476 e. The Balaban J connectivity index is 2.39. The summed E-state index contributed by atoms with van der Waals surface area (Å²) in [5.74, 6) is -0.857. The van der Waals surface area contributed by atoms with Crippen LogP contribution in [0.1, 0.15) is 16.3 Å². The molecule has 3 rings (SSSR count). The summed E-state index contributed by atoms with van der Waals surface area (Å²) in [5, 5.41) is 18.3. The highest BCUT2D eigenvalue weighted by molar-refractivity contribution is 5.90. The highest BCUT2D eigenvalue weighted by Crippen LogP contribution is 2.18. The molecular formula is C12H7N5O2. The molecule has 0 aliphatic heterocycles. The maximum absolute atomic E-state index is 11.4. The number of hydrogen-bond donors (Lipinski definition) is 1. The molecule has 0 amide bonds. The van der Waals surface area contributed by atoms with Gasteiger partial charge in [-0.25, -0.2) is 14.8 Å². The molecule has 0 aliphatic carbocycles. The van der Waals surface area contributed by atoms with Crippen molar-refractivity contribution in [3.8, 4) is 11.9 Å². The fraction of sp³-hybridized carbons (Fsp3) is 0. The summed E-state index contributed by atoms with van der Waals surface area (Å²) >= 11 is 0. The molecule has 0 aliphatic rings. The van der Waals surface area contributed by atoms with Crippen molar-refractivity contribution in [2.24, 2.45) is 0 Å². The maximum Gasteiger partial charge on any atom is 0.356 e. The van der Waals surface area contributed by atoms with Gasteiger partial charge in [0.05, 0.1) is 0 Å². The van der Waals surface area contributed by atoms with Crippen LogP contribution < -0.4 is 0 Å². The number of fused-ring (bicyclic) bond motifs is 1. The zero-order valence-electron chi connectivity index (χ0n) is 9.56. The monoisotopic (exact) mass is 253 g/mol. The molecule has 1 N–H and O–H groups in total. The standard InChI is InChI=1S/C12H7N5O2/c13-7-9-14-4-6-17(9)11-10(12(18)19)16-5-2-1-3-8(16)15-11/h1-6H,(H,18,19). The van der Waals surface area contributed by atoms with Gasteiger partial charge in [0.1, 0.15) is 11.7 Å². The average Bonchev–Trinajstić information content (AvgIpc) is 3.01. The van der Waals surface area contributed by atoms with E-state index in [4.69, 9.17) is 5.26 Å². The lowest BCUT2D eigenvalue weighted by Gasteiger charge is -2.01. The third-order valence-corrected chi connectivity index (χ3v) is 2.68. The maximum atomic E-state index is 11.4. The number of imidazole rings is 2. The molecule has 0 fully saturated rings. The fourth-order valence-corrected chi connectivity index (χ4v) is 1.91. The van der Waals surface area contributed by atoms with Crippen LogP contribution in [0.25, 0.3) is 11.5 Å². The van der Waals surface area contributed by atoms with E-state index in [0.29, 0.717) is 5.65 Å². The zero-order valence-corrected chi connectivity index (χ0v) is 9.56. The smallest absolute Gasteiger partial charge is 0.356 e. The topological polar surface area (TPSA) is 96.2 Å². The minimum atomic E-state index is -1.12. The number of aromatic carboxylic acids is 1. The SMILES string of the molecule is N#Cc1nccn1-c1nc2ccccn2c1C(=O)O. The van der Waals surface area contributed by atoms with Crippen molar-refractivity contribution in [2.45, 2.75) is 0 Å². The molecule has 0 saturated heterocycles. The molecular weight excluding hydrogens is 246 g/mol. The molecule has 0 saturated carbocycles. The summed E-state index contributed by atoms with van der Waals surface area (Å²) in [6, 6.07) is 7.06. The lowest BCUT2D eigenvalue weighted by Crippen LogP contribution is -2.08. The summed E-state index contributed by atoms with van der Waals surface area (Å²) < 4.78 is 2.81. The van der Waals surface area contributed by atoms with Crippen molar-refractivity contribution in [1.82, 2.24) is 18.9 Å². The van der Waals surface area contributed by atoms with E-state index in [9.17, 15) is 9.90 Å². The first-order chi connectivity index (χ1) is 9.22. The van der Waals surface area contributed by atoms with Gasteiger partial charge >= 0.3 is 5.97 Å². The van der Waals surface area contributed by atoms with E-state index in [1.807, 2.05) is 6.07 Å². The van der Waals surface area contributed by atoms with E-state index in [1.54, 1.807) is 24.4 Å². The first kappa shape index (κ1) is 11.0. The molecule has 0 radical (unpaired) electrons. The largest absolute Gasteiger partial charge is 0.476 e. The highest BCUT2D eigenvalue weighted by Gasteiger charge is 2.21. The number of nitrogens with zero attached hydrogens (tertiary/aromatic N) is 5. The van der Waals surface area contributed by atoms with E-state index in [-0.39, 0.29) is 17.3 Å². The zero-order chi connectivity index (χ0) is 13.4. The molecule has 0 spiro atoms. The number of carboxylic acids is 1. The molecule has 0 bridgehead atoms. The van der Waals surface area contributed by atoms with Gasteiger partial charge in [-0.05, 0) is 12.1 Å². The molecule has 0 unspecified atom stereocenters. The van der Waals surface area contributed by atoms with Gasteiger partial charge in [-0.1, -0.05) is 6.07 Å². The van der Waals surface area contributed by atoms with Crippen LogP contribution in [-0.4, -0.2) is 30.0 Å². The minimum absolute atomic E-state index is 0.00917. The number of hydrogen-bond acceptors (Lipinski definition) is 4. The van der Waals surface area contributed by atoms with Crippen LogP contribution in [0.5, 0.6) is 0 Å². The third-order valence-electron chi connectivity index (χ3n) is 2.68. The lowest BCUT2D eigenvalue weighted by molar-refractivity contribution is 0.0689. The summed E-state index contributed by atoms with van der Waals surface area (Å²) in [4.78, 5) is 19.5. The van der Waals surface area contributed by atoms with E-state index in [2.05, 4.69) is 9.97 Å². The van der Waals surface area contributed by atoms with E-state index in [1.165, 1.54) is 21.4 Å². The van der Waals surface area contributed by atoms with Crippen LogP contribution in [0, 0.1) is 11.3 Å². The Morgan fingerprint density at radius 3 is 2.95 bits per heavy atom. The number of nitriles is 1. The second-order valence-electron chi connectivity index (χ2n) is 3.75. The Morgan fingerprint density at radius 1 is 1.37 bits per heavy atom. The predicted molar refractivity (Wildman–Crippen MR) is 64.0 cm³/mol. The van der Waals surface area contributed by atoms with Crippen molar-refractivity contribution >= 4 is 11.6 Å². The van der Waals surface area contributed by atoms with Crippen LogP contribution in [0.3, 0.4) is 0 Å². The third kappa shape index (κ3) is 1.55. The summed E-state index contributed by atoms with van der Waals surface area (Å²) in [6.07, 6.45) is 4.54. The number of pyridine rings is 1. The van der Waals surface area contributed by atoms with Gasteiger partial charge in [-0.2, -0.15) is 5.26 Å². The number of carbonyl (C=O) groups is 1. The van der Waals surface area contributed by atoms with E-state index in [0.717, 1.165) is 0 Å². The molecule has 0 aromatic carbocycles. The molecule has 7 heteroatoms. The van der Waals surface area contributed by atoms with Gasteiger partial charge < -0.3 is 5.11 Å². The molecule has 3 heterocycles. The molecule has 3 aromatic heterocycles. The van der Waals surface area contributed by atoms with Crippen LogP contribution >= 0.6 is 0 Å². The lowest BCUT2D eigenvalue weighted by atomic mass is 10.4. The van der Waals surface area contributed by atoms with Crippen LogP contribution in [0.4, 0.5) is 0 Å². The van der Waals surface area contributed by atoms with Crippen LogP contribution in [-0.2, 0) is 0 Å². The Bertz CT molecular complexity index is 824. The Morgan fingerprint density at radius 2 is 2.21 bits per heavy atom. The van der Waals surface area contributed by atoms with Crippen LogP contribution in [0.15, 0.2) is 36.8 Å². The van der Waals surface area contributed by atoms with Gasteiger partial charge in [-0.3, -0.25) is 8.97 Å². The van der Waals surface area contributed by atoms with E-state index < -0.39 is 5.97 Å². The summed E-state index contributed by atoms with van der Waals surface area (Å²) in [6.45, 7) is 0. The molecule has 19 heavy (non-hydrogen) atoms. The summed E-state index contributed by atoms with van der Waals surface area (Å²) in [5.41, 5.74) is 0.484. The van der Waals surface area contributed by atoms with E-state index >= 15 is 0 Å². The van der Waals surface area contributed by atoms with Gasteiger partial charge in [0, 0.05) is 18.6 Å². The molecule has 92 valence electrons. The first-order valence-corrected chi connectivity index (χ1v) is 5.36. The Hall–Kier alpha value is -3.14. The quantitative estimate of drug-likeness (QED) is 0.737. The molecule has 7 nitrogen and oxygen atoms in total. The summed E-state index contributed by atoms with van der Waals surface area (Å²) in [7, 11) is 0. The van der Waals surface area contributed by atoms with Gasteiger partial charge in [0.2, 0.25) is 5.82 Å². The van der Waals surface area contributed by atoms with Gasteiger partial charge in [-0.15, -0.1) is 0 Å². The average molecular weight is 253 g/mol. The number of aromatic nitrogens is 4. The Labute approximate surface area is 107 Å². The molecule has 0 atom stereocenters. The van der Waals surface area contributed by atoms with Crippen molar-refractivity contribution in [2.75, 3.05) is 0 Å².